The average molecular weight is 445 g/mol. The molecule has 2 heterocycles. The molecule has 0 saturated heterocycles. The quantitative estimate of drug-likeness (QED) is 0.351. The summed E-state index contributed by atoms with van der Waals surface area (Å²) in [5.41, 5.74) is 6.06. The molecule has 0 fully saturated rings. The normalized spacial score (nSPS) is 11.0. The average Bonchev–Trinajstić information content (AvgIpc) is 3.26. The van der Waals surface area contributed by atoms with Crippen molar-refractivity contribution in [2.45, 2.75) is 34.2 Å². The number of nitrogens with zero attached hydrogens (tertiary/aromatic N) is 4. The van der Waals surface area contributed by atoms with Gasteiger partial charge >= 0.3 is 0 Å². The third kappa shape index (κ3) is 4.36. The zero-order valence-electron chi connectivity index (χ0n) is 19.0. The van der Waals surface area contributed by atoms with E-state index in [0.717, 1.165) is 40.1 Å². The Morgan fingerprint density at radius 1 is 1.00 bits per heavy atom. The number of anilines is 2. The van der Waals surface area contributed by atoms with Gasteiger partial charge in [-0.1, -0.05) is 23.5 Å². The number of pyridine rings is 1. The molecule has 164 valence electrons. The van der Waals surface area contributed by atoms with Crippen LogP contribution in [0.2, 0.25) is 0 Å². The van der Waals surface area contributed by atoms with Crippen LogP contribution in [0.5, 0.6) is 0 Å². The molecule has 0 aliphatic carbocycles. The summed E-state index contributed by atoms with van der Waals surface area (Å²) in [5.74, 6) is -0.0617. The molecule has 5 nitrogen and oxygen atoms in total. The Kier molecular flexibility index (Phi) is 6.51. The maximum Gasteiger partial charge on any atom is 0.260 e. The lowest BCUT2D eigenvalue weighted by Crippen LogP contribution is -2.30. The third-order valence-electron chi connectivity index (χ3n) is 5.86. The fourth-order valence-electron chi connectivity index (χ4n) is 3.79. The lowest BCUT2D eigenvalue weighted by molar-refractivity contribution is 0.0985. The van der Waals surface area contributed by atoms with E-state index >= 15 is 0 Å². The lowest BCUT2D eigenvalue weighted by Gasteiger charge is -2.22. The molecule has 0 aliphatic heterocycles. The van der Waals surface area contributed by atoms with E-state index in [4.69, 9.17) is 4.98 Å². The molecular weight excluding hydrogens is 416 g/mol. The Balaban J connectivity index is 1.73. The standard InChI is InChI=1S/C26H28N4OS/c1-5-29(6-2)22-12-10-21(11-13-22)25(31)30(17-20-8-7-15-27-16-20)26-28-24-19(4)18(3)9-14-23(24)32-26/h7-16H,5-6,17H2,1-4H3. The highest BCUT2D eigenvalue weighted by molar-refractivity contribution is 7.22. The summed E-state index contributed by atoms with van der Waals surface area (Å²) in [6.07, 6.45) is 3.54. The van der Waals surface area contributed by atoms with Gasteiger partial charge in [0.25, 0.3) is 5.91 Å². The van der Waals surface area contributed by atoms with Gasteiger partial charge in [-0.3, -0.25) is 14.7 Å². The van der Waals surface area contributed by atoms with Gasteiger partial charge in [-0.2, -0.15) is 0 Å². The number of amides is 1. The summed E-state index contributed by atoms with van der Waals surface area (Å²) in [6.45, 7) is 10.7. The number of carbonyl (C=O) groups is 1. The largest absolute Gasteiger partial charge is 0.372 e. The fourth-order valence-corrected chi connectivity index (χ4v) is 4.81. The Hall–Kier alpha value is -3.25. The van der Waals surface area contributed by atoms with Gasteiger partial charge in [0, 0.05) is 36.7 Å². The van der Waals surface area contributed by atoms with E-state index in [1.807, 2.05) is 36.4 Å². The predicted molar refractivity (Wildman–Crippen MR) is 134 cm³/mol. The molecule has 0 unspecified atom stereocenters. The van der Waals surface area contributed by atoms with E-state index in [-0.39, 0.29) is 5.91 Å². The molecule has 0 aliphatic rings. The molecule has 2 aromatic carbocycles. The summed E-state index contributed by atoms with van der Waals surface area (Å²) < 4.78 is 1.09. The van der Waals surface area contributed by atoms with Gasteiger partial charge in [0.2, 0.25) is 0 Å². The molecule has 32 heavy (non-hydrogen) atoms. The topological polar surface area (TPSA) is 49.3 Å². The van der Waals surface area contributed by atoms with Crippen molar-refractivity contribution in [3.05, 3.63) is 83.2 Å². The lowest BCUT2D eigenvalue weighted by atomic mass is 10.1. The van der Waals surface area contributed by atoms with Crippen molar-refractivity contribution in [1.82, 2.24) is 9.97 Å². The zero-order valence-corrected chi connectivity index (χ0v) is 19.8. The minimum absolute atomic E-state index is 0.0617. The number of thiazole rings is 1. The number of hydrogen-bond acceptors (Lipinski definition) is 5. The molecule has 0 atom stereocenters. The van der Waals surface area contributed by atoms with Crippen molar-refractivity contribution in [2.75, 3.05) is 22.9 Å². The van der Waals surface area contributed by atoms with Gasteiger partial charge in [0.15, 0.2) is 5.13 Å². The number of fused-ring (bicyclic) bond motifs is 1. The molecule has 0 spiro atoms. The molecule has 0 saturated carbocycles. The highest BCUT2D eigenvalue weighted by Crippen LogP contribution is 2.33. The molecule has 4 rings (SSSR count). The second-order valence-electron chi connectivity index (χ2n) is 7.82. The van der Waals surface area contributed by atoms with Crippen LogP contribution in [-0.2, 0) is 6.54 Å². The Bertz CT molecular complexity index is 1210. The summed E-state index contributed by atoms with van der Waals surface area (Å²) in [5, 5.41) is 0.704. The van der Waals surface area contributed by atoms with Crippen molar-refractivity contribution in [2.24, 2.45) is 0 Å². The van der Waals surface area contributed by atoms with Gasteiger partial charge in [-0.15, -0.1) is 0 Å². The number of benzene rings is 2. The second-order valence-corrected chi connectivity index (χ2v) is 8.83. The van der Waals surface area contributed by atoms with Gasteiger partial charge in [0.1, 0.15) is 0 Å². The first-order valence-electron chi connectivity index (χ1n) is 10.9. The third-order valence-corrected chi connectivity index (χ3v) is 6.90. The van der Waals surface area contributed by atoms with Crippen molar-refractivity contribution in [3.8, 4) is 0 Å². The summed E-state index contributed by atoms with van der Waals surface area (Å²) in [6, 6.07) is 15.9. The molecule has 4 aromatic rings. The van der Waals surface area contributed by atoms with Crippen LogP contribution in [0.1, 0.15) is 40.9 Å². The second kappa shape index (κ2) is 9.49. The first-order chi connectivity index (χ1) is 15.5. The van der Waals surface area contributed by atoms with Crippen molar-refractivity contribution < 1.29 is 4.79 Å². The molecule has 1 amide bonds. The number of rotatable bonds is 7. The highest BCUT2D eigenvalue weighted by Gasteiger charge is 2.23. The van der Waals surface area contributed by atoms with Crippen LogP contribution < -0.4 is 9.80 Å². The fraction of sp³-hybridized carbons (Fsp3) is 0.269. The minimum atomic E-state index is -0.0617. The summed E-state index contributed by atoms with van der Waals surface area (Å²) in [7, 11) is 0. The van der Waals surface area contributed by atoms with Crippen molar-refractivity contribution in [1.29, 1.82) is 0 Å². The molecule has 0 radical (unpaired) electrons. The Labute approximate surface area is 193 Å². The van der Waals surface area contributed by atoms with Crippen LogP contribution >= 0.6 is 11.3 Å². The monoisotopic (exact) mass is 444 g/mol. The molecule has 6 heteroatoms. The van der Waals surface area contributed by atoms with Gasteiger partial charge in [-0.05, 0) is 80.8 Å². The van der Waals surface area contributed by atoms with E-state index in [0.29, 0.717) is 17.2 Å². The van der Waals surface area contributed by atoms with Gasteiger partial charge < -0.3 is 4.90 Å². The molecule has 0 bridgehead atoms. The minimum Gasteiger partial charge on any atom is -0.372 e. The summed E-state index contributed by atoms with van der Waals surface area (Å²) >= 11 is 1.55. The Morgan fingerprint density at radius 3 is 2.41 bits per heavy atom. The zero-order chi connectivity index (χ0) is 22.7. The van der Waals surface area contributed by atoms with Gasteiger partial charge in [0.05, 0.1) is 16.8 Å². The van der Waals surface area contributed by atoms with Crippen molar-refractivity contribution in [3.63, 3.8) is 0 Å². The number of aryl methyl sites for hydroxylation is 2. The van der Waals surface area contributed by atoms with E-state index in [9.17, 15) is 4.79 Å². The van der Waals surface area contributed by atoms with E-state index in [1.54, 1.807) is 28.6 Å². The number of aromatic nitrogens is 2. The number of carbonyl (C=O) groups excluding carboxylic acids is 1. The van der Waals surface area contributed by atoms with Crippen molar-refractivity contribution >= 4 is 38.3 Å². The molecular formula is C26H28N4OS. The first-order valence-corrected chi connectivity index (χ1v) is 11.8. The molecule has 2 aromatic heterocycles. The SMILES string of the molecule is CCN(CC)c1ccc(C(=O)N(Cc2cccnc2)c2nc3c(C)c(C)ccc3s2)cc1. The Morgan fingerprint density at radius 2 is 1.75 bits per heavy atom. The maximum atomic E-state index is 13.7. The van der Waals surface area contributed by atoms with E-state index in [1.165, 1.54) is 5.56 Å². The van der Waals surface area contributed by atoms with Crippen LogP contribution in [0.4, 0.5) is 10.8 Å². The van der Waals surface area contributed by atoms with Crippen LogP contribution in [0.25, 0.3) is 10.2 Å². The maximum absolute atomic E-state index is 13.7. The van der Waals surface area contributed by atoms with Crippen LogP contribution in [0, 0.1) is 13.8 Å². The van der Waals surface area contributed by atoms with Crippen LogP contribution in [0.3, 0.4) is 0 Å². The highest BCUT2D eigenvalue weighted by atomic mass is 32.1. The predicted octanol–water partition coefficient (Wildman–Crippen LogP) is 6.00. The van der Waals surface area contributed by atoms with E-state index in [2.05, 4.69) is 49.7 Å². The molecule has 0 N–H and O–H groups in total. The van der Waals surface area contributed by atoms with Crippen LogP contribution in [0.15, 0.2) is 60.9 Å². The first kappa shape index (κ1) is 22.0. The van der Waals surface area contributed by atoms with Gasteiger partial charge in [-0.25, -0.2) is 4.98 Å². The van der Waals surface area contributed by atoms with E-state index < -0.39 is 0 Å². The summed E-state index contributed by atoms with van der Waals surface area (Å²) in [4.78, 5) is 26.8. The smallest absolute Gasteiger partial charge is 0.260 e. The van der Waals surface area contributed by atoms with Crippen LogP contribution in [-0.4, -0.2) is 29.0 Å². The number of hydrogen-bond donors (Lipinski definition) is 0.